The second-order valence-corrected chi connectivity index (χ2v) is 14.1. The Balaban J connectivity index is 1.33. The van der Waals surface area contributed by atoms with E-state index in [2.05, 4.69) is 27.8 Å². The first-order chi connectivity index (χ1) is 15.0. The van der Waals surface area contributed by atoms with Crippen LogP contribution in [-0.4, -0.2) is 58.4 Å². The van der Waals surface area contributed by atoms with Crippen LogP contribution in [0.5, 0.6) is 0 Å². The van der Waals surface area contributed by atoms with E-state index >= 15 is 0 Å². The summed E-state index contributed by atoms with van der Waals surface area (Å²) in [7, 11) is 2.44. The fourth-order valence-electron chi connectivity index (χ4n) is 11.3. The van der Waals surface area contributed by atoms with E-state index in [0.717, 1.165) is 36.1 Å². The van der Waals surface area contributed by atoms with Crippen molar-refractivity contribution in [3.63, 3.8) is 0 Å². The van der Waals surface area contributed by atoms with Gasteiger partial charge in [0.05, 0.1) is 26.2 Å². The SMILES string of the molecule is C[C@H]1CCC2[C@@](C)(O)C3CCC4C(CC5C4CC(=O)C4C[C@@H](O)CC[C@@]45C)C3C[N+]2(C)C1. The summed E-state index contributed by atoms with van der Waals surface area (Å²) in [5.74, 6) is 4.87. The molecule has 2 aliphatic heterocycles. The molecule has 0 aromatic rings. The maximum atomic E-state index is 13.3. The molecule has 0 aromatic carbocycles. The van der Waals surface area contributed by atoms with Crippen molar-refractivity contribution in [2.75, 3.05) is 20.1 Å². The van der Waals surface area contributed by atoms with E-state index in [0.29, 0.717) is 53.8 Å². The molecule has 2 N–H and O–H groups in total. The number of nitrogens with zero attached hydrogens (tertiary/aromatic N) is 1. The number of hydrogen-bond donors (Lipinski definition) is 2. The molecule has 6 rings (SSSR count). The first-order valence-electron chi connectivity index (χ1n) is 13.8. The maximum absolute atomic E-state index is 13.3. The molecule has 4 nitrogen and oxygen atoms in total. The summed E-state index contributed by atoms with van der Waals surface area (Å²) in [5, 5.41) is 22.3. The Morgan fingerprint density at radius 1 is 0.906 bits per heavy atom. The molecule has 0 amide bonds. The van der Waals surface area contributed by atoms with Crippen LogP contribution in [0.4, 0.5) is 0 Å². The Kier molecular flexibility index (Phi) is 4.85. The second kappa shape index (κ2) is 7.04. The van der Waals surface area contributed by atoms with Crippen molar-refractivity contribution in [1.29, 1.82) is 0 Å². The first kappa shape index (κ1) is 22.0. The minimum absolute atomic E-state index is 0.0785. The molecule has 4 saturated carbocycles. The largest absolute Gasteiger partial charge is 0.393 e. The van der Waals surface area contributed by atoms with Crippen molar-refractivity contribution in [3.8, 4) is 0 Å². The molecular formula is C28H46NO3+. The quantitative estimate of drug-likeness (QED) is 0.555. The normalized spacial score (nSPS) is 61.8. The second-order valence-electron chi connectivity index (χ2n) is 14.1. The van der Waals surface area contributed by atoms with Crippen LogP contribution >= 0.6 is 0 Å². The fraction of sp³-hybridized carbons (Fsp3) is 0.964. The highest BCUT2D eigenvalue weighted by atomic mass is 16.3. The highest BCUT2D eigenvalue weighted by molar-refractivity contribution is 5.83. The smallest absolute Gasteiger partial charge is 0.136 e. The number of Topliss-reactive ketones (excluding diaryl/α,β-unsaturated/α-hetero) is 1. The highest BCUT2D eigenvalue weighted by Gasteiger charge is 2.67. The molecule has 0 radical (unpaired) electrons. The molecule has 4 heteroatoms. The lowest BCUT2D eigenvalue weighted by Crippen LogP contribution is -2.74. The third kappa shape index (κ3) is 2.87. The van der Waals surface area contributed by atoms with Gasteiger partial charge in [-0.05, 0) is 81.0 Å². The molecule has 6 fully saturated rings. The number of aliphatic hydroxyl groups excluding tert-OH is 1. The molecule has 0 aromatic heterocycles. The van der Waals surface area contributed by atoms with Crippen LogP contribution in [0.15, 0.2) is 0 Å². The Morgan fingerprint density at radius 3 is 2.47 bits per heavy atom. The van der Waals surface area contributed by atoms with Crippen molar-refractivity contribution in [3.05, 3.63) is 0 Å². The number of carbonyl (C=O) groups excluding carboxylic acids is 1. The van der Waals surface area contributed by atoms with Crippen LogP contribution in [0.25, 0.3) is 0 Å². The predicted molar refractivity (Wildman–Crippen MR) is 125 cm³/mol. The number of fused-ring (bicyclic) bond motifs is 8. The van der Waals surface area contributed by atoms with Crippen molar-refractivity contribution in [1.82, 2.24) is 0 Å². The third-order valence-corrected chi connectivity index (χ3v) is 12.5. The number of quaternary nitrogens is 1. The Bertz CT molecular complexity index is 791. The van der Waals surface area contributed by atoms with Gasteiger partial charge in [-0.1, -0.05) is 13.8 Å². The number of rotatable bonds is 0. The van der Waals surface area contributed by atoms with Crippen LogP contribution in [-0.2, 0) is 4.79 Å². The van der Waals surface area contributed by atoms with E-state index in [1.165, 1.54) is 38.8 Å². The number of aliphatic hydroxyl groups is 2. The summed E-state index contributed by atoms with van der Waals surface area (Å²) < 4.78 is 1.07. The summed E-state index contributed by atoms with van der Waals surface area (Å²) in [6.07, 6.45) is 9.13. The van der Waals surface area contributed by atoms with Gasteiger partial charge in [0.1, 0.15) is 17.4 Å². The van der Waals surface area contributed by atoms with Crippen LogP contribution < -0.4 is 0 Å². The van der Waals surface area contributed by atoms with E-state index in [1.54, 1.807) is 0 Å². The molecule has 32 heavy (non-hydrogen) atoms. The zero-order chi connectivity index (χ0) is 22.6. The van der Waals surface area contributed by atoms with Crippen molar-refractivity contribution in [2.45, 2.75) is 96.3 Å². The van der Waals surface area contributed by atoms with E-state index in [-0.39, 0.29) is 17.4 Å². The van der Waals surface area contributed by atoms with Gasteiger partial charge >= 0.3 is 0 Å². The Hall–Kier alpha value is -0.450. The molecule has 0 spiro atoms. The average molecular weight is 445 g/mol. The summed E-state index contributed by atoms with van der Waals surface area (Å²) >= 11 is 0. The lowest BCUT2D eigenvalue weighted by Gasteiger charge is -2.62. The van der Waals surface area contributed by atoms with Gasteiger partial charge in [-0.2, -0.15) is 0 Å². The van der Waals surface area contributed by atoms with Gasteiger partial charge in [0.25, 0.3) is 0 Å². The first-order valence-corrected chi connectivity index (χ1v) is 13.8. The Labute approximate surface area is 194 Å². The van der Waals surface area contributed by atoms with E-state index in [4.69, 9.17) is 0 Å². The van der Waals surface area contributed by atoms with Crippen molar-refractivity contribution in [2.24, 2.45) is 52.8 Å². The van der Waals surface area contributed by atoms with Gasteiger partial charge in [0.2, 0.25) is 0 Å². The summed E-state index contributed by atoms with van der Waals surface area (Å²) in [6, 6.07) is 0.392. The fourth-order valence-corrected chi connectivity index (χ4v) is 11.3. The average Bonchev–Trinajstić information content (AvgIpc) is 3.08. The van der Waals surface area contributed by atoms with E-state index < -0.39 is 5.60 Å². The van der Waals surface area contributed by atoms with E-state index in [9.17, 15) is 15.0 Å². The van der Waals surface area contributed by atoms with E-state index in [1.807, 2.05) is 0 Å². The molecule has 2 heterocycles. The summed E-state index contributed by atoms with van der Waals surface area (Å²) in [6.45, 7) is 9.44. The van der Waals surface area contributed by atoms with Gasteiger partial charge in [0, 0.05) is 36.5 Å². The molecule has 2 saturated heterocycles. The molecule has 13 atom stereocenters. The zero-order valence-corrected chi connectivity index (χ0v) is 20.8. The van der Waals surface area contributed by atoms with Crippen LogP contribution in [0.3, 0.4) is 0 Å². The molecule has 6 aliphatic rings. The summed E-state index contributed by atoms with van der Waals surface area (Å²) in [5.41, 5.74) is -0.475. The summed E-state index contributed by atoms with van der Waals surface area (Å²) in [4.78, 5) is 13.3. The van der Waals surface area contributed by atoms with Gasteiger partial charge in [-0.15, -0.1) is 0 Å². The number of hydrogen-bond acceptors (Lipinski definition) is 3. The topological polar surface area (TPSA) is 57.5 Å². The van der Waals surface area contributed by atoms with Gasteiger partial charge < -0.3 is 14.7 Å². The van der Waals surface area contributed by atoms with Crippen LogP contribution in [0.2, 0.25) is 0 Å². The lowest BCUT2D eigenvalue weighted by atomic mass is 9.51. The number of piperidine rings is 2. The van der Waals surface area contributed by atoms with Crippen molar-refractivity contribution < 1.29 is 19.5 Å². The number of likely N-dealkylation sites (N-methyl/N-ethyl adjacent to an activating group) is 1. The standard InChI is InChI=1S/C28H46NO3/c1-16-5-8-26-28(3,32)22-7-6-18-19(21(22)15-29(26,4)14-16)12-23-20(18)13-25(31)24-11-17(30)9-10-27(23,24)2/h16-24,26,30,32H,5-15H2,1-4H3/q+1/t16-,17-,18?,19?,20?,21?,22?,23?,24?,26?,27+,28-,29?/m0/s1. The molecule has 0 bridgehead atoms. The maximum Gasteiger partial charge on any atom is 0.136 e. The van der Waals surface area contributed by atoms with Gasteiger partial charge in [0.15, 0.2) is 0 Å². The number of carbonyl (C=O) groups is 1. The van der Waals surface area contributed by atoms with Gasteiger partial charge in [-0.3, -0.25) is 4.79 Å². The van der Waals surface area contributed by atoms with Crippen LogP contribution in [0, 0.1) is 52.8 Å². The Morgan fingerprint density at radius 2 is 1.69 bits per heavy atom. The molecule has 9 unspecified atom stereocenters. The highest BCUT2D eigenvalue weighted by Crippen LogP contribution is 2.67. The van der Waals surface area contributed by atoms with Crippen LogP contribution in [0.1, 0.15) is 78.6 Å². The number of ketones is 1. The lowest BCUT2D eigenvalue weighted by molar-refractivity contribution is -0.959. The molecule has 180 valence electrons. The molecular weight excluding hydrogens is 398 g/mol. The minimum Gasteiger partial charge on any atom is -0.393 e. The predicted octanol–water partition coefficient (Wildman–Crippen LogP) is 4.03. The third-order valence-electron chi connectivity index (χ3n) is 12.5. The monoisotopic (exact) mass is 444 g/mol. The zero-order valence-electron chi connectivity index (χ0n) is 20.8. The van der Waals surface area contributed by atoms with Gasteiger partial charge in [-0.25, -0.2) is 0 Å². The van der Waals surface area contributed by atoms with Crippen molar-refractivity contribution >= 4 is 5.78 Å². The minimum atomic E-state index is -0.562. The molecule has 4 aliphatic carbocycles.